The molecule has 3 aromatic rings. The van der Waals surface area contributed by atoms with Gasteiger partial charge in [0.15, 0.2) is 0 Å². The van der Waals surface area contributed by atoms with E-state index in [1.165, 1.54) is 24.5 Å². The molecule has 0 aliphatic rings. The van der Waals surface area contributed by atoms with Gasteiger partial charge in [-0.1, -0.05) is 26.6 Å². The third-order valence-electron chi connectivity index (χ3n) is 5.20. The Morgan fingerprint density at radius 2 is 1.94 bits per heavy atom. The molecule has 10 heteroatoms. The molecule has 1 amide bonds. The van der Waals surface area contributed by atoms with Crippen molar-refractivity contribution in [3.8, 4) is 11.3 Å². The van der Waals surface area contributed by atoms with Gasteiger partial charge in [-0.15, -0.1) is 0 Å². The van der Waals surface area contributed by atoms with Gasteiger partial charge in [0.2, 0.25) is 5.91 Å². The standard InChI is InChI=1S/C24H31FN4O4Si/c1-6-20(30)28-16-8-9-19(25)17(12-16)22-21-18(24(31)33-7-2)13-29(23(21)27-14-26-22)15-32-10-11-34(3,4)5/h8-9,12-14H,6-7,10-11,15H2,1-5H3,(H,28,30). The van der Waals surface area contributed by atoms with Crippen molar-refractivity contribution in [3.05, 3.63) is 42.1 Å². The molecule has 34 heavy (non-hydrogen) atoms. The quantitative estimate of drug-likeness (QED) is 0.244. The largest absolute Gasteiger partial charge is 0.462 e. The van der Waals surface area contributed by atoms with E-state index in [0.717, 1.165) is 6.04 Å². The van der Waals surface area contributed by atoms with Gasteiger partial charge in [0, 0.05) is 38.5 Å². The van der Waals surface area contributed by atoms with Crippen LogP contribution in [-0.2, 0) is 21.0 Å². The second kappa shape index (κ2) is 10.9. The van der Waals surface area contributed by atoms with Gasteiger partial charge in [-0.25, -0.2) is 19.2 Å². The lowest BCUT2D eigenvalue weighted by molar-refractivity contribution is -0.115. The summed E-state index contributed by atoms with van der Waals surface area (Å²) in [5, 5.41) is 3.09. The first kappa shape index (κ1) is 25.5. The Hall–Kier alpha value is -3.11. The molecule has 0 radical (unpaired) electrons. The van der Waals surface area contributed by atoms with Crippen molar-refractivity contribution in [1.82, 2.24) is 14.5 Å². The van der Waals surface area contributed by atoms with Gasteiger partial charge in [-0.3, -0.25) is 4.79 Å². The zero-order valence-corrected chi connectivity index (χ0v) is 21.3. The first-order valence-electron chi connectivity index (χ1n) is 11.3. The summed E-state index contributed by atoms with van der Waals surface area (Å²) in [5.41, 5.74) is 1.47. The van der Waals surface area contributed by atoms with E-state index in [1.54, 1.807) is 24.6 Å². The number of anilines is 1. The minimum Gasteiger partial charge on any atom is -0.462 e. The van der Waals surface area contributed by atoms with Crippen LogP contribution in [0.4, 0.5) is 10.1 Å². The number of benzene rings is 1. The van der Waals surface area contributed by atoms with Gasteiger partial charge in [-0.05, 0) is 31.2 Å². The predicted octanol–water partition coefficient (Wildman–Crippen LogP) is 5.07. The lowest BCUT2D eigenvalue weighted by Crippen LogP contribution is -2.22. The van der Waals surface area contributed by atoms with Crippen molar-refractivity contribution in [3.63, 3.8) is 0 Å². The maximum atomic E-state index is 14.9. The third-order valence-corrected chi connectivity index (χ3v) is 6.91. The molecule has 3 rings (SSSR count). The summed E-state index contributed by atoms with van der Waals surface area (Å²) in [6.07, 6.45) is 3.22. The number of carbonyl (C=O) groups excluding carboxylic acids is 2. The van der Waals surface area contributed by atoms with Gasteiger partial charge >= 0.3 is 5.97 Å². The Balaban J connectivity index is 2.08. The molecule has 0 unspecified atom stereocenters. The number of aromatic nitrogens is 3. The number of amides is 1. The first-order valence-corrected chi connectivity index (χ1v) is 15.0. The van der Waals surface area contributed by atoms with Crippen LogP contribution in [-0.4, -0.2) is 47.7 Å². The van der Waals surface area contributed by atoms with Crippen LogP contribution in [0.15, 0.2) is 30.7 Å². The number of fused-ring (bicyclic) bond motifs is 1. The van der Waals surface area contributed by atoms with Crippen molar-refractivity contribution in [1.29, 1.82) is 0 Å². The summed E-state index contributed by atoms with van der Waals surface area (Å²) in [5.74, 6) is -1.29. The van der Waals surface area contributed by atoms with Gasteiger partial charge in [0.05, 0.1) is 23.3 Å². The Kier molecular flexibility index (Phi) is 8.16. The summed E-state index contributed by atoms with van der Waals surface area (Å²) < 4.78 is 27.7. The lowest BCUT2D eigenvalue weighted by atomic mass is 10.0. The molecule has 1 N–H and O–H groups in total. The highest BCUT2D eigenvalue weighted by molar-refractivity contribution is 6.76. The number of nitrogens with zero attached hydrogens (tertiary/aromatic N) is 3. The average molecular weight is 487 g/mol. The van der Waals surface area contributed by atoms with Crippen LogP contribution in [0.25, 0.3) is 22.3 Å². The highest BCUT2D eigenvalue weighted by atomic mass is 28.3. The number of hydrogen-bond donors (Lipinski definition) is 1. The highest BCUT2D eigenvalue weighted by Gasteiger charge is 2.23. The Bertz CT molecular complexity index is 1190. The SMILES string of the molecule is CCOC(=O)c1cn(COCC[Si](C)(C)C)c2ncnc(-c3cc(NC(=O)CC)ccc3F)c12. The van der Waals surface area contributed by atoms with Gasteiger partial charge in [0.1, 0.15) is 24.5 Å². The summed E-state index contributed by atoms with van der Waals surface area (Å²) in [7, 11) is -1.26. The molecular weight excluding hydrogens is 455 g/mol. The van der Waals surface area contributed by atoms with Crippen LogP contribution >= 0.6 is 0 Å². The van der Waals surface area contributed by atoms with Crippen LogP contribution in [0.5, 0.6) is 0 Å². The van der Waals surface area contributed by atoms with Gasteiger partial charge < -0.3 is 19.4 Å². The smallest absolute Gasteiger partial charge is 0.340 e. The van der Waals surface area contributed by atoms with E-state index in [2.05, 4.69) is 34.9 Å². The van der Waals surface area contributed by atoms with Gasteiger partial charge in [0.25, 0.3) is 0 Å². The fourth-order valence-corrected chi connectivity index (χ4v) is 4.12. The maximum absolute atomic E-state index is 14.9. The third kappa shape index (κ3) is 6.06. The molecule has 0 fully saturated rings. The lowest BCUT2D eigenvalue weighted by Gasteiger charge is -2.15. The van der Waals surface area contributed by atoms with Crippen molar-refractivity contribution < 1.29 is 23.5 Å². The van der Waals surface area contributed by atoms with Crippen LogP contribution < -0.4 is 5.32 Å². The molecule has 0 bridgehead atoms. The van der Waals surface area contributed by atoms with Crippen LogP contribution in [0, 0.1) is 5.82 Å². The molecular formula is C24H31FN4O4Si. The fraction of sp³-hybridized carbons (Fsp3) is 0.417. The number of esters is 1. The minimum absolute atomic E-state index is 0.143. The second-order valence-electron chi connectivity index (χ2n) is 9.10. The topological polar surface area (TPSA) is 95.3 Å². The van der Waals surface area contributed by atoms with Crippen molar-refractivity contribution >= 4 is 36.7 Å². The minimum atomic E-state index is -1.26. The zero-order valence-electron chi connectivity index (χ0n) is 20.3. The molecule has 0 spiro atoms. The summed E-state index contributed by atoms with van der Waals surface area (Å²) >= 11 is 0. The molecule has 0 saturated heterocycles. The zero-order chi connectivity index (χ0) is 24.9. The number of nitrogens with one attached hydrogen (secondary N) is 1. The van der Waals surface area contributed by atoms with E-state index >= 15 is 0 Å². The molecule has 2 heterocycles. The number of hydrogen-bond acceptors (Lipinski definition) is 6. The molecule has 0 atom stereocenters. The molecule has 8 nitrogen and oxygen atoms in total. The first-order chi connectivity index (χ1) is 16.1. The van der Waals surface area contributed by atoms with Gasteiger partial charge in [-0.2, -0.15) is 0 Å². The number of rotatable bonds is 10. The summed E-state index contributed by atoms with van der Waals surface area (Å²) in [4.78, 5) is 33.3. The fourth-order valence-electron chi connectivity index (χ4n) is 3.36. The van der Waals surface area contributed by atoms with Crippen molar-refractivity contribution in [2.45, 2.75) is 52.7 Å². The Morgan fingerprint density at radius 1 is 1.18 bits per heavy atom. The van der Waals surface area contributed by atoms with Crippen LogP contribution in [0.1, 0.15) is 30.6 Å². The monoisotopic (exact) mass is 486 g/mol. The Morgan fingerprint density at radius 3 is 2.62 bits per heavy atom. The molecule has 0 saturated carbocycles. The number of ether oxygens (including phenoxy) is 2. The van der Waals surface area contributed by atoms with E-state index < -0.39 is 19.9 Å². The van der Waals surface area contributed by atoms with E-state index in [1.807, 2.05) is 0 Å². The van der Waals surface area contributed by atoms with Crippen molar-refractivity contribution in [2.24, 2.45) is 0 Å². The van der Waals surface area contributed by atoms with E-state index in [4.69, 9.17) is 9.47 Å². The molecule has 0 aliphatic heterocycles. The van der Waals surface area contributed by atoms with Crippen LogP contribution in [0.2, 0.25) is 25.7 Å². The summed E-state index contributed by atoms with van der Waals surface area (Å²) in [6.45, 7) is 11.2. The normalized spacial score (nSPS) is 11.6. The summed E-state index contributed by atoms with van der Waals surface area (Å²) in [6, 6.07) is 5.24. The maximum Gasteiger partial charge on any atom is 0.340 e. The van der Waals surface area contributed by atoms with Crippen molar-refractivity contribution in [2.75, 3.05) is 18.5 Å². The van der Waals surface area contributed by atoms with E-state index in [0.29, 0.717) is 23.3 Å². The number of halogens is 1. The molecule has 2 aromatic heterocycles. The molecule has 182 valence electrons. The molecule has 1 aromatic carbocycles. The van der Waals surface area contributed by atoms with E-state index in [-0.39, 0.29) is 42.5 Å². The second-order valence-corrected chi connectivity index (χ2v) is 14.7. The van der Waals surface area contributed by atoms with Crippen LogP contribution in [0.3, 0.4) is 0 Å². The highest BCUT2D eigenvalue weighted by Crippen LogP contribution is 2.33. The predicted molar refractivity (Wildman–Crippen MR) is 132 cm³/mol. The Labute approximate surface area is 199 Å². The molecule has 0 aliphatic carbocycles. The van der Waals surface area contributed by atoms with E-state index in [9.17, 15) is 14.0 Å². The average Bonchev–Trinajstić information content (AvgIpc) is 3.16. The number of carbonyl (C=O) groups is 2.